The van der Waals surface area contributed by atoms with Crippen molar-refractivity contribution in [2.45, 2.75) is 47.0 Å². The molecule has 0 heterocycles. The summed E-state index contributed by atoms with van der Waals surface area (Å²) in [6, 6.07) is 0. The first-order valence-corrected chi connectivity index (χ1v) is 7.16. The Bertz CT molecular complexity index is 557. The number of allylic oxidation sites excluding steroid dienone is 2. The predicted octanol–water partition coefficient (Wildman–Crippen LogP) is 2.07. The molecule has 6 nitrogen and oxygen atoms in total. The molecule has 0 aliphatic heterocycles. The van der Waals surface area contributed by atoms with Crippen LogP contribution in [0.4, 0.5) is 0 Å². The number of carboxylic acids is 2. The van der Waals surface area contributed by atoms with Gasteiger partial charge in [-0.3, -0.25) is 19.2 Å². The fourth-order valence-electron chi connectivity index (χ4n) is 3.61. The van der Waals surface area contributed by atoms with Gasteiger partial charge >= 0.3 is 11.9 Å². The van der Waals surface area contributed by atoms with Gasteiger partial charge in [-0.25, -0.2) is 0 Å². The maximum Gasteiger partial charge on any atom is 0.303 e. The fraction of sp³-hybridized carbons (Fsp3) is 0.625. The molecule has 0 saturated heterocycles. The van der Waals surface area contributed by atoms with Crippen LogP contribution in [0.15, 0.2) is 11.6 Å². The van der Waals surface area contributed by atoms with Crippen molar-refractivity contribution in [3.05, 3.63) is 11.6 Å². The lowest BCUT2D eigenvalue weighted by Crippen LogP contribution is -2.54. The van der Waals surface area contributed by atoms with Crippen LogP contribution in [0, 0.1) is 16.7 Å². The number of Topliss-reactive ketones (excluding diaryl/α,β-unsaturated/α-hetero) is 1. The number of carbonyl (C=O) groups excluding carboxylic acids is 2. The van der Waals surface area contributed by atoms with Crippen LogP contribution >= 0.6 is 0 Å². The van der Waals surface area contributed by atoms with Crippen molar-refractivity contribution in [3.8, 4) is 0 Å². The van der Waals surface area contributed by atoms with E-state index in [9.17, 15) is 19.2 Å². The molecular formula is C16H22O6. The summed E-state index contributed by atoms with van der Waals surface area (Å²) >= 11 is 0. The highest BCUT2D eigenvalue weighted by Gasteiger charge is 2.57. The van der Waals surface area contributed by atoms with E-state index < -0.39 is 28.7 Å². The zero-order chi connectivity index (χ0) is 17.3. The van der Waals surface area contributed by atoms with E-state index >= 15 is 0 Å². The molecule has 22 heavy (non-hydrogen) atoms. The van der Waals surface area contributed by atoms with Crippen molar-refractivity contribution in [2.75, 3.05) is 0 Å². The van der Waals surface area contributed by atoms with E-state index in [0.717, 1.165) is 0 Å². The molecular weight excluding hydrogens is 288 g/mol. The highest BCUT2D eigenvalue weighted by Crippen LogP contribution is 2.54. The Morgan fingerprint density at radius 1 is 1.23 bits per heavy atom. The van der Waals surface area contributed by atoms with Crippen LogP contribution in [0.25, 0.3) is 0 Å². The van der Waals surface area contributed by atoms with E-state index in [-0.39, 0.29) is 30.8 Å². The second-order valence-electron chi connectivity index (χ2n) is 6.60. The Hall–Kier alpha value is -1.98. The molecule has 2 N–H and O–H groups in total. The topological polar surface area (TPSA) is 109 Å². The van der Waals surface area contributed by atoms with Crippen molar-refractivity contribution in [1.29, 1.82) is 0 Å². The summed E-state index contributed by atoms with van der Waals surface area (Å²) in [5.41, 5.74) is -2.03. The normalized spacial score (nSPS) is 25.8. The molecule has 6 heteroatoms. The maximum absolute atomic E-state index is 12.7. The van der Waals surface area contributed by atoms with Gasteiger partial charge in [-0.2, -0.15) is 0 Å². The van der Waals surface area contributed by atoms with Crippen molar-refractivity contribution < 1.29 is 29.4 Å². The first kappa shape index (κ1) is 18.1. The molecule has 0 spiro atoms. The van der Waals surface area contributed by atoms with Gasteiger partial charge in [0, 0.05) is 17.8 Å². The Balaban J connectivity index is 3.46. The number of carbonyl (C=O) groups is 4. The van der Waals surface area contributed by atoms with E-state index in [1.54, 1.807) is 27.7 Å². The second kappa shape index (κ2) is 6.02. The molecule has 1 rings (SSSR count). The number of hydrogen-bond acceptors (Lipinski definition) is 4. The summed E-state index contributed by atoms with van der Waals surface area (Å²) in [6.07, 6.45) is 0.564. The summed E-state index contributed by atoms with van der Waals surface area (Å²) in [7, 11) is 0. The van der Waals surface area contributed by atoms with Gasteiger partial charge in [0.2, 0.25) is 0 Å². The van der Waals surface area contributed by atoms with Gasteiger partial charge in [0.05, 0.1) is 6.42 Å². The number of rotatable bonds is 6. The molecule has 1 aliphatic carbocycles. The average molecular weight is 310 g/mol. The Morgan fingerprint density at radius 2 is 1.77 bits per heavy atom. The lowest BCUT2D eigenvalue weighted by atomic mass is 9.51. The number of carboxylic acid groups (broad SMARTS) is 2. The highest BCUT2D eigenvalue weighted by atomic mass is 16.4. The van der Waals surface area contributed by atoms with Crippen LogP contribution < -0.4 is 0 Å². The lowest BCUT2D eigenvalue weighted by molar-refractivity contribution is -0.154. The minimum absolute atomic E-state index is 0.0574. The molecule has 122 valence electrons. The molecule has 0 aromatic rings. The number of hydrogen-bond donors (Lipinski definition) is 2. The van der Waals surface area contributed by atoms with Crippen LogP contribution in [0.2, 0.25) is 0 Å². The summed E-state index contributed by atoms with van der Waals surface area (Å²) in [5.74, 6) is -3.51. The largest absolute Gasteiger partial charge is 0.481 e. The second-order valence-corrected chi connectivity index (χ2v) is 6.60. The molecule has 1 aliphatic rings. The Kier molecular flexibility index (Phi) is 4.95. The van der Waals surface area contributed by atoms with E-state index in [0.29, 0.717) is 5.57 Å². The SMILES string of the molecule is CC1=CC(=O)C(CCC(=O)O)(C(C)(C)CC(=O)O)C(C)C1=O. The van der Waals surface area contributed by atoms with Crippen molar-refractivity contribution in [2.24, 2.45) is 16.7 Å². The lowest BCUT2D eigenvalue weighted by Gasteiger charge is -2.49. The minimum atomic E-state index is -1.32. The van der Waals surface area contributed by atoms with Crippen LogP contribution in [0.5, 0.6) is 0 Å². The van der Waals surface area contributed by atoms with Crippen LogP contribution in [0.1, 0.15) is 47.0 Å². The minimum Gasteiger partial charge on any atom is -0.481 e. The molecule has 0 amide bonds. The van der Waals surface area contributed by atoms with E-state index in [4.69, 9.17) is 10.2 Å². The van der Waals surface area contributed by atoms with Gasteiger partial charge in [-0.1, -0.05) is 20.8 Å². The molecule has 0 fully saturated rings. The first-order chi connectivity index (χ1) is 9.95. The zero-order valence-corrected chi connectivity index (χ0v) is 13.3. The molecule has 0 saturated carbocycles. The number of ketones is 2. The first-order valence-electron chi connectivity index (χ1n) is 7.16. The third kappa shape index (κ3) is 2.96. The summed E-state index contributed by atoms with van der Waals surface area (Å²) < 4.78 is 0. The summed E-state index contributed by atoms with van der Waals surface area (Å²) in [4.78, 5) is 47.2. The average Bonchev–Trinajstić information content (AvgIpc) is 2.34. The monoisotopic (exact) mass is 310 g/mol. The van der Waals surface area contributed by atoms with Gasteiger partial charge in [0.1, 0.15) is 0 Å². The third-order valence-corrected chi connectivity index (χ3v) is 4.84. The van der Waals surface area contributed by atoms with Gasteiger partial charge in [-0.15, -0.1) is 0 Å². The highest BCUT2D eigenvalue weighted by molar-refractivity contribution is 6.12. The number of aliphatic carboxylic acids is 2. The van der Waals surface area contributed by atoms with Crippen LogP contribution in [-0.4, -0.2) is 33.7 Å². The van der Waals surface area contributed by atoms with Gasteiger partial charge in [0.25, 0.3) is 0 Å². The summed E-state index contributed by atoms with van der Waals surface area (Å²) in [6.45, 7) is 6.35. The van der Waals surface area contributed by atoms with Gasteiger partial charge < -0.3 is 10.2 Å². The van der Waals surface area contributed by atoms with Gasteiger partial charge in [-0.05, 0) is 30.4 Å². The predicted molar refractivity (Wildman–Crippen MR) is 78.3 cm³/mol. The standard InChI is InChI=1S/C16H22O6/c1-9-7-11(17)16(6-5-12(18)19,10(2)14(9)22)15(3,4)8-13(20)21/h7,10H,5-6,8H2,1-4H3,(H,18,19)(H,20,21). The Labute approximate surface area is 129 Å². The van der Waals surface area contributed by atoms with Crippen LogP contribution in [0.3, 0.4) is 0 Å². The molecule has 0 bridgehead atoms. The van der Waals surface area contributed by atoms with Crippen molar-refractivity contribution in [1.82, 2.24) is 0 Å². The third-order valence-electron chi connectivity index (χ3n) is 4.84. The molecule has 0 radical (unpaired) electrons. The van der Waals surface area contributed by atoms with Crippen LogP contribution in [-0.2, 0) is 19.2 Å². The molecule has 2 atom stereocenters. The Morgan fingerprint density at radius 3 is 2.23 bits per heavy atom. The molecule has 0 aromatic heterocycles. The quantitative estimate of drug-likeness (QED) is 0.777. The molecule has 0 aromatic carbocycles. The van der Waals surface area contributed by atoms with E-state index in [2.05, 4.69) is 0 Å². The van der Waals surface area contributed by atoms with E-state index in [1.807, 2.05) is 0 Å². The summed E-state index contributed by atoms with van der Waals surface area (Å²) in [5, 5.41) is 18.1. The van der Waals surface area contributed by atoms with Crippen molar-refractivity contribution in [3.63, 3.8) is 0 Å². The fourth-order valence-corrected chi connectivity index (χ4v) is 3.61. The van der Waals surface area contributed by atoms with E-state index in [1.165, 1.54) is 6.08 Å². The van der Waals surface area contributed by atoms with Gasteiger partial charge in [0.15, 0.2) is 11.6 Å². The smallest absolute Gasteiger partial charge is 0.303 e. The van der Waals surface area contributed by atoms with Crippen molar-refractivity contribution >= 4 is 23.5 Å². The zero-order valence-electron chi connectivity index (χ0n) is 13.3. The maximum atomic E-state index is 12.7. The molecule has 2 unspecified atom stereocenters.